The molecule has 2 atom stereocenters. The molecule has 1 aliphatic heterocycles. The first kappa shape index (κ1) is 9.69. The van der Waals surface area contributed by atoms with Crippen LogP contribution in [0.15, 0.2) is 24.3 Å². The summed E-state index contributed by atoms with van der Waals surface area (Å²) in [4.78, 5) is 0. The van der Waals surface area contributed by atoms with Crippen LogP contribution >= 0.6 is 0 Å². The first-order valence-corrected chi connectivity index (χ1v) is 5.19. The van der Waals surface area contributed by atoms with E-state index in [1.165, 1.54) is 11.1 Å². The van der Waals surface area contributed by atoms with Crippen LogP contribution in [0.5, 0.6) is 0 Å². The van der Waals surface area contributed by atoms with Gasteiger partial charge >= 0.3 is 0 Å². The second-order valence-electron chi connectivity index (χ2n) is 4.12. The summed E-state index contributed by atoms with van der Waals surface area (Å²) >= 11 is 0. The van der Waals surface area contributed by atoms with Crippen LogP contribution in [0, 0.1) is 12.8 Å². The van der Waals surface area contributed by atoms with Gasteiger partial charge in [0.2, 0.25) is 0 Å². The smallest absolute Gasteiger partial charge is 0.0477 e. The second kappa shape index (κ2) is 4.11. The molecule has 0 spiro atoms. The molecule has 0 aromatic heterocycles. The molecule has 2 nitrogen and oxygen atoms in total. The van der Waals surface area contributed by atoms with Crippen LogP contribution in [-0.2, 0) is 0 Å². The number of nitrogens with one attached hydrogen (secondary N) is 1. The normalized spacial score (nSPS) is 26.7. The van der Waals surface area contributed by atoms with Crippen LogP contribution in [-0.4, -0.2) is 24.8 Å². The largest absolute Gasteiger partial charge is 0.396 e. The second-order valence-corrected chi connectivity index (χ2v) is 4.12. The average Bonchev–Trinajstić information content (AvgIpc) is 2.65. The van der Waals surface area contributed by atoms with Gasteiger partial charge in [0.05, 0.1) is 0 Å². The van der Waals surface area contributed by atoms with Gasteiger partial charge in [-0.25, -0.2) is 0 Å². The Balaban J connectivity index is 2.21. The highest BCUT2D eigenvalue weighted by atomic mass is 16.3. The zero-order valence-electron chi connectivity index (χ0n) is 8.53. The van der Waals surface area contributed by atoms with Gasteiger partial charge in [0.25, 0.3) is 0 Å². The molecule has 1 aliphatic rings. The number of aryl methyl sites for hydroxylation is 1. The Morgan fingerprint density at radius 1 is 1.43 bits per heavy atom. The first-order valence-electron chi connectivity index (χ1n) is 5.19. The molecule has 0 saturated carbocycles. The summed E-state index contributed by atoms with van der Waals surface area (Å²) in [6.07, 6.45) is 0. The van der Waals surface area contributed by atoms with E-state index in [1.54, 1.807) is 0 Å². The van der Waals surface area contributed by atoms with Crippen LogP contribution in [0.4, 0.5) is 0 Å². The monoisotopic (exact) mass is 191 g/mol. The molecule has 0 radical (unpaired) electrons. The number of aliphatic hydroxyl groups is 1. The molecular weight excluding hydrogens is 174 g/mol. The van der Waals surface area contributed by atoms with Crippen molar-refractivity contribution in [3.05, 3.63) is 35.4 Å². The maximum Gasteiger partial charge on any atom is 0.0477 e. The summed E-state index contributed by atoms with van der Waals surface area (Å²) in [5.41, 5.74) is 2.65. The van der Waals surface area contributed by atoms with Crippen LogP contribution in [0.3, 0.4) is 0 Å². The third-order valence-corrected chi connectivity index (χ3v) is 3.04. The lowest BCUT2D eigenvalue weighted by Crippen LogP contribution is -2.14. The summed E-state index contributed by atoms with van der Waals surface area (Å²) in [7, 11) is 0. The number of hydrogen-bond donors (Lipinski definition) is 2. The molecule has 2 heteroatoms. The fourth-order valence-electron chi connectivity index (χ4n) is 2.22. The van der Waals surface area contributed by atoms with Gasteiger partial charge in [-0.3, -0.25) is 0 Å². The lowest BCUT2D eigenvalue weighted by Gasteiger charge is -2.16. The van der Waals surface area contributed by atoms with Crippen molar-refractivity contribution in [2.45, 2.75) is 12.8 Å². The quantitative estimate of drug-likeness (QED) is 0.738. The Morgan fingerprint density at radius 3 is 3.00 bits per heavy atom. The van der Waals surface area contributed by atoms with Crippen LogP contribution in [0.1, 0.15) is 17.0 Å². The minimum Gasteiger partial charge on any atom is -0.396 e. The predicted molar refractivity (Wildman–Crippen MR) is 57.4 cm³/mol. The summed E-state index contributed by atoms with van der Waals surface area (Å²) in [5, 5.41) is 12.6. The Labute approximate surface area is 85.0 Å². The Morgan fingerprint density at radius 2 is 2.29 bits per heavy atom. The van der Waals surface area contributed by atoms with Crippen molar-refractivity contribution in [1.82, 2.24) is 5.32 Å². The molecule has 1 saturated heterocycles. The van der Waals surface area contributed by atoms with E-state index >= 15 is 0 Å². The predicted octanol–water partition coefficient (Wildman–Crippen LogP) is 1.29. The molecule has 1 heterocycles. The molecule has 0 aliphatic carbocycles. The molecule has 14 heavy (non-hydrogen) atoms. The van der Waals surface area contributed by atoms with Gasteiger partial charge in [0, 0.05) is 31.5 Å². The zero-order valence-corrected chi connectivity index (χ0v) is 8.53. The summed E-state index contributed by atoms with van der Waals surface area (Å²) < 4.78 is 0. The Hall–Kier alpha value is -0.860. The highest BCUT2D eigenvalue weighted by Gasteiger charge is 2.27. The number of aliphatic hydroxyl groups excluding tert-OH is 1. The number of rotatable bonds is 2. The van der Waals surface area contributed by atoms with Crippen molar-refractivity contribution in [2.24, 2.45) is 5.92 Å². The molecule has 76 valence electrons. The summed E-state index contributed by atoms with van der Waals surface area (Å²) in [6.45, 7) is 4.33. The van der Waals surface area contributed by atoms with E-state index in [4.69, 9.17) is 0 Å². The van der Waals surface area contributed by atoms with Crippen molar-refractivity contribution in [1.29, 1.82) is 0 Å². The summed E-state index contributed by atoms with van der Waals surface area (Å²) in [6, 6.07) is 8.59. The molecule has 2 N–H and O–H groups in total. The first-order chi connectivity index (χ1) is 6.81. The minimum absolute atomic E-state index is 0.283. The van der Waals surface area contributed by atoms with Crippen molar-refractivity contribution in [3.8, 4) is 0 Å². The van der Waals surface area contributed by atoms with Gasteiger partial charge in [-0.05, 0) is 12.5 Å². The maximum atomic E-state index is 9.23. The highest BCUT2D eigenvalue weighted by Crippen LogP contribution is 2.27. The molecule has 0 bridgehead atoms. The molecule has 2 unspecified atom stereocenters. The molecular formula is C12H17NO. The van der Waals surface area contributed by atoms with Gasteiger partial charge in [-0.15, -0.1) is 0 Å². The molecule has 2 rings (SSSR count). The summed E-state index contributed by atoms with van der Waals surface area (Å²) in [5.74, 6) is 0.872. The van der Waals surface area contributed by atoms with Gasteiger partial charge in [-0.1, -0.05) is 29.8 Å². The Kier molecular flexibility index (Phi) is 2.85. The van der Waals surface area contributed by atoms with Crippen molar-refractivity contribution in [2.75, 3.05) is 19.7 Å². The topological polar surface area (TPSA) is 32.3 Å². The van der Waals surface area contributed by atoms with Crippen LogP contribution in [0.25, 0.3) is 0 Å². The molecule has 1 aromatic rings. The van der Waals surface area contributed by atoms with Gasteiger partial charge in [0.1, 0.15) is 0 Å². The fourth-order valence-corrected chi connectivity index (χ4v) is 2.22. The molecule has 0 amide bonds. The third kappa shape index (κ3) is 1.81. The molecule has 1 fully saturated rings. The van der Waals surface area contributed by atoms with Crippen LogP contribution in [0.2, 0.25) is 0 Å². The average molecular weight is 191 g/mol. The van der Waals surface area contributed by atoms with E-state index in [0.717, 1.165) is 13.1 Å². The standard InChI is InChI=1S/C12H17NO/c1-9-3-2-4-10(5-9)12-7-13-6-11(12)8-14/h2-5,11-14H,6-8H2,1H3. The Bertz CT molecular complexity index is 311. The zero-order chi connectivity index (χ0) is 9.97. The lowest BCUT2D eigenvalue weighted by molar-refractivity contribution is 0.226. The van der Waals surface area contributed by atoms with E-state index in [2.05, 4.69) is 36.5 Å². The fraction of sp³-hybridized carbons (Fsp3) is 0.500. The van der Waals surface area contributed by atoms with E-state index in [0.29, 0.717) is 11.8 Å². The minimum atomic E-state index is 0.283. The van der Waals surface area contributed by atoms with E-state index in [9.17, 15) is 5.11 Å². The van der Waals surface area contributed by atoms with Crippen molar-refractivity contribution < 1.29 is 5.11 Å². The van der Waals surface area contributed by atoms with Crippen molar-refractivity contribution in [3.63, 3.8) is 0 Å². The SMILES string of the molecule is Cc1cccc(C2CNCC2CO)c1. The van der Waals surface area contributed by atoms with Gasteiger partial charge in [0.15, 0.2) is 0 Å². The van der Waals surface area contributed by atoms with E-state index < -0.39 is 0 Å². The number of benzene rings is 1. The molecule has 1 aromatic carbocycles. The maximum absolute atomic E-state index is 9.23. The van der Waals surface area contributed by atoms with Crippen LogP contribution < -0.4 is 5.32 Å². The van der Waals surface area contributed by atoms with Crippen molar-refractivity contribution >= 4 is 0 Å². The van der Waals surface area contributed by atoms with E-state index in [1.807, 2.05) is 0 Å². The lowest BCUT2D eigenvalue weighted by atomic mass is 9.89. The van der Waals surface area contributed by atoms with Gasteiger partial charge in [-0.2, -0.15) is 0 Å². The van der Waals surface area contributed by atoms with E-state index in [-0.39, 0.29) is 6.61 Å². The highest BCUT2D eigenvalue weighted by molar-refractivity contribution is 5.27. The number of hydrogen-bond acceptors (Lipinski definition) is 2. The third-order valence-electron chi connectivity index (χ3n) is 3.04. The van der Waals surface area contributed by atoms with Gasteiger partial charge < -0.3 is 10.4 Å².